The second kappa shape index (κ2) is 3.49. The first kappa shape index (κ1) is 9.66. The van der Waals surface area contributed by atoms with Crippen LogP contribution in [0.15, 0.2) is 40.2 Å². The minimum atomic E-state index is 0.284. The van der Waals surface area contributed by atoms with Gasteiger partial charge in [0.05, 0.1) is 16.6 Å². The molecule has 80 valence electrons. The highest BCUT2D eigenvalue weighted by molar-refractivity contribution is 8.01. The summed E-state index contributed by atoms with van der Waals surface area (Å²) in [5.41, 5.74) is 9.26. The number of fused-ring (bicyclic) bond motifs is 2. The van der Waals surface area contributed by atoms with Crippen LogP contribution in [-0.4, -0.2) is 16.7 Å². The van der Waals surface area contributed by atoms with E-state index < -0.39 is 0 Å². The van der Waals surface area contributed by atoms with E-state index >= 15 is 0 Å². The molecule has 0 saturated carbocycles. The lowest BCUT2D eigenvalue weighted by atomic mass is 10.0. The molecule has 1 unspecified atom stereocenters. The number of thioether (sulfide) groups is 1. The van der Waals surface area contributed by atoms with E-state index in [9.17, 15) is 0 Å². The van der Waals surface area contributed by atoms with E-state index in [0.29, 0.717) is 5.71 Å². The summed E-state index contributed by atoms with van der Waals surface area (Å²) in [5.74, 6) is 0. The van der Waals surface area contributed by atoms with Crippen LogP contribution in [0.5, 0.6) is 0 Å². The van der Waals surface area contributed by atoms with Crippen molar-refractivity contribution in [2.45, 2.75) is 16.6 Å². The Labute approximate surface area is 98.0 Å². The number of anilines is 1. The van der Waals surface area contributed by atoms with E-state index in [1.807, 2.05) is 30.4 Å². The van der Waals surface area contributed by atoms with Crippen LogP contribution < -0.4 is 5.73 Å². The van der Waals surface area contributed by atoms with E-state index in [4.69, 9.17) is 11.1 Å². The standard InChI is InChI=1S/C12H11N3S/c13-7-1-3-9-11(5-7)16-12-6-8(14)2-4-10(12)15-9/h1-5,12,14H,6,13H2. The lowest BCUT2D eigenvalue weighted by molar-refractivity contribution is 1.12. The van der Waals surface area contributed by atoms with Crippen LogP contribution in [0.3, 0.4) is 0 Å². The van der Waals surface area contributed by atoms with Crippen LogP contribution in [0, 0.1) is 5.41 Å². The lowest BCUT2D eigenvalue weighted by Gasteiger charge is -2.25. The number of nitrogens with one attached hydrogen (secondary N) is 1. The molecule has 2 aliphatic rings. The molecule has 0 saturated heterocycles. The van der Waals surface area contributed by atoms with Gasteiger partial charge in [-0.15, -0.1) is 11.8 Å². The summed E-state index contributed by atoms with van der Waals surface area (Å²) in [4.78, 5) is 5.72. The van der Waals surface area contributed by atoms with Crippen molar-refractivity contribution in [2.24, 2.45) is 4.99 Å². The molecule has 3 rings (SSSR count). The van der Waals surface area contributed by atoms with Crippen LogP contribution in [0.25, 0.3) is 0 Å². The Morgan fingerprint density at radius 3 is 3.12 bits per heavy atom. The molecule has 1 heterocycles. The smallest absolute Gasteiger partial charge is 0.0770 e. The molecular weight excluding hydrogens is 218 g/mol. The van der Waals surface area contributed by atoms with E-state index in [0.717, 1.165) is 28.4 Å². The average molecular weight is 229 g/mol. The van der Waals surface area contributed by atoms with E-state index in [2.05, 4.69) is 4.99 Å². The number of hydrogen-bond acceptors (Lipinski definition) is 4. The van der Waals surface area contributed by atoms with Gasteiger partial charge in [0, 0.05) is 22.7 Å². The molecular formula is C12H11N3S. The van der Waals surface area contributed by atoms with Gasteiger partial charge in [-0.2, -0.15) is 0 Å². The van der Waals surface area contributed by atoms with Gasteiger partial charge in [0.2, 0.25) is 0 Å². The summed E-state index contributed by atoms with van der Waals surface area (Å²) >= 11 is 1.76. The minimum Gasteiger partial charge on any atom is -0.399 e. The topological polar surface area (TPSA) is 62.2 Å². The van der Waals surface area contributed by atoms with Gasteiger partial charge in [-0.05, 0) is 30.4 Å². The third-order valence-corrected chi connectivity index (χ3v) is 3.97. The number of aliphatic imine (C=N–C) groups is 1. The van der Waals surface area contributed by atoms with Gasteiger partial charge in [-0.3, -0.25) is 4.99 Å². The molecule has 16 heavy (non-hydrogen) atoms. The van der Waals surface area contributed by atoms with Gasteiger partial charge in [0.15, 0.2) is 0 Å². The highest BCUT2D eigenvalue weighted by Gasteiger charge is 2.25. The summed E-state index contributed by atoms with van der Waals surface area (Å²) in [6.07, 6.45) is 4.54. The number of nitrogen functional groups attached to an aromatic ring is 1. The van der Waals surface area contributed by atoms with Crippen molar-refractivity contribution in [3.05, 3.63) is 30.4 Å². The van der Waals surface area contributed by atoms with Crippen molar-refractivity contribution >= 4 is 34.6 Å². The number of allylic oxidation sites excluding steroid dienone is 2. The van der Waals surface area contributed by atoms with Gasteiger partial charge in [0.25, 0.3) is 0 Å². The molecule has 1 aromatic carbocycles. The Morgan fingerprint density at radius 1 is 1.38 bits per heavy atom. The van der Waals surface area contributed by atoms with Gasteiger partial charge < -0.3 is 11.1 Å². The monoisotopic (exact) mass is 229 g/mol. The fourth-order valence-corrected chi connectivity index (χ4v) is 3.15. The van der Waals surface area contributed by atoms with Crippen LogP contribution in [-0.2, 0) is 0 Å². The summed E-state index contributed by atoms with van der Waals surface area (Å²) in [6, 6.07) is 5.79. The second-order valence-electron chi connectivity index (χ2n) is 3.93. The Hall–Kier alpha value is -1.55. The molecule has 4 heteroatoms. The first-order chi connectivity index (χ1) is 7.72. The number of nitrogens with zero attached hydrogens (tertiary/aromatic N) is 1. The molecule has 1 aliphatic heterocycles. The molecule has 0 radical (unpaired) electrons. The predicted molar refractivity (Wildman–Crippen MR) is 69.1 cm³/mol. The second-order valence-corrected chi connectivity index (χ2v) is 5.18. The molecule has 0 bridgehead atoms. The SMILES string of the molecule is N=C1C=CC2=Nc3ccc(N)cc3SC2C1. The van der Waals surface area contributed by atoms with Gasteiger partial charge in [0.1, 0.15) is 0 Å². The number of rotatable bonds is 0. The maximum atomic E-state index is 7.66. The highest BCUT2D eigenvalue weighted by Crippen LogP contribution is 2.41. The first-order valence-electron chi connectivity index (χ1n) is 5.12. The predicted octanol–water partition coefficient (Wildman–Crippen LogP) is 2.80. The number of nitrogens with two attached hydrogens (primary N) is 1. The Bertz CT molecular complexity index is 531. The van der Waals surface area contributed by atoms with Crippen LogP contribution in [0.2, 0.25) is 0 Å². The molecule has 3 N–H and O–H groups in total. The molecule has 1 aliphatic carbocycles. The van der Waals surface area contributed by atoms with E-state index in [1.165, 1.54) is 0 Å². The minimum absolute atomic E-state index is 0.284. The van der Waals surface area contributed by atoms with Crippen molar-refractivity contribution in [2.75, 3.05) is 5.73 Å². The molecule has 0 fully saturated rings. The zero-order chi connectivity index (χ0) is 11.1. The van der Waals surface area contributed by atoms with Crippen LogP contribution >= 0.6 is 11.8 Å². The largest absolute Gasteiger partial charge is 0.399 e. The molecule has 0 amide bonds. The molecule has 3 nitrogen and oxygen atoms in total. The van der Waals surface area contributed by atoms with Crippen molar-refractivity contribution in [3.8, 4) is 0 Å². The fraction of sp³-hybridized carbons (Fsp3) is 0.167. The van der Waals surface area contributed by atoms with Gasteiger partial charge >= 0.3 is 0 Å². The third kappa shape index (κ3) is 1.55. The average Bonchev–Trinajstić information content (AvgIpc) is 2.26. The quantitative estimate of drug-likeness (QED) is 0.672. The molecule has 1 atom stereocenters. The maximum absolute atomic E-state index is 7.66. The summed E-state index contributed by atoms with van der Waals surface area (Å²) in [7, 11) is 0. The fourth-order valence-electron chi connectivity index (χ4n) is 1.89. The summed E-state index contributed by atoms with van der Waals surface area (Å²) in [5, 5.41) is 7.94. The highest BCUT2D eigenvalue weighted by atomic mass is 32.2. The Morgan fingerprint density at radius 2 is 2.25 bits per heavy atom. The zero-order valence-electron chi connectivity index (χ0n) is 8.60. The van der Waals surface area contributed by atoms with Crippen molar-refractivity contribution in [3.63, 3.8) is 0 Å². The summed E-state index contributed by atoms with van der Waals surface area (Å²) in [6.45, 7) is 0. The normalized spacial score (nSPS) is 22.4. The molecule has 1 aromatic rings. The van der Waals surface area contributed by atoms with Crippen LogP contribution in [0.4, 0.5) is 11.4 Å². The maximum Gasteiger partial charge on any atom is 0.0770 e. The van der Waals surface area contributed by atoms with E-state index in [-0.39, 0.29) is 5.25 Å². The van der Waals surface area contributed by atoms with Crippen molar-refractivity contribution < 1.29 is 0 Å². The third-order valence-electron chi connectivity index (χ3n) is 2.69. The molecule has 0 spiro atoms. The number of benzene rings is 1. The van der Waals surface area contributed by atoms with Crippen molar-refractivity contribution in [1.29, 1.82) is 5.41 Å². The van der Waals surface area contributed by atoms with Crippen LogP contribution in [0.1, 0.15) is 6.42 Å². The van der Waals surface area contributed by atoms with Gasteiger partial charge in [-0.1, -0.05) is 0 Å². The summed E-state index contributed by atoms with van der Waals surface area (Å²) < 4.78 is 0. The first-order valence-corrected chi connectivity index (χ1v) is 6.00. The Balaban J connectivity index is 2.08. The van der Waals surface area contributed by atoms with Crippen molar-refractivity contribution in [1.82, 2.24) is 0 Å². The van der Waals surface area contributed by atoms with E-state index in [1.54, 1.807) is 11.8 Å². The molecule has 0 aromatic heterocycles. The zero-order valence-corrected chi connectivity index (χ0v) is 9.42. The van der Waals surface area contributed by atoms with Gasteiger partial charge in [-0.25, -0.2) is 0 Å². The Kier molecular flexibility index (Phi) is 2.11. The number of hydrogen-bond donors (Lipinski definition) is 2. The lowest BCUT2D eigenvalue weighted by Crippen LogP contribution is -2.24.